The minimum atomic E-state index is -0.881. The minimum Gasteiger partial charge on any atom is -0.477 e. The first kappa shape index (κ1) is 8.29. The molecule has 0 fully saturated rings. The van der Waals surface area contributed by atoms with Crippen molar-refractivity contribution in [3.63, 3.8) is 0 Å². The van der Waals surface area contributed by atoms with E-state index in [1.807, 2.05) is 4.57 Å². The van der Waals surface area contributed by atoms with Gasteiger partial charge in [0, 0.05) is 13.0 Å². The highest BCUT2D eigenvalue weighted by atomic mass is 16.4. The zero-order valence-corrected chi connectivity index (χ0v) is 7.53. The van der Waals surface area contributed by atoms with E-state index in [9.17, 15) is 4.79 Å². The molecule has 0 bridgehead atoms. The van der Waals surface area contributed by atoms with Crippen molar-refractivity contribution in [1.82, 2.24) is 9.55 Å². The molecule has 0 amide bonds. The van der Waals surface area contributed by atoms with Gasteiger partial charge in [-0.15, -0.1) is 0 Å². The summed E-state index contributed by atoms with van der Waals surface area (Å²) in [6.45, 7) is 2.96. The zero-order chi connectivity index (χ0) is 9.42. The van der Waals surface area contributed by atoms with Crippen LogP contribution in [0, 0.1) is 5.92 Å². The van der Waals surface area contributed by atoms with Crippen LogP contribution in [0.3, 0.4) is 0 Å². The topological polar surface area (TPSA) is 55.1 Å². The highest BCUT2D eigenvalue weighted by Crippen LogP contribution is 2.20. The molecule has 1 unspecified atom stereocenters. The van der Waals surface area contributed by atoms with Crippen LogP contribution in [0.15, 0.2) is 6.20 Å². The van der Waals surface area contributed by atoms with Gasteiger partial charge in [0.1, 0.15) is 11.5 Å². The largest absolute Gasteiger partial charge is 0.477 e. The Hall–Kier alpha value is -1.32. The van der Waals surface area contributed by atoms with Gasteiger partial charge in [0.15, 0.2) is 0 Å². The number of nitrogens with zero attached hydrogens (tertiary/aromatic N) is 2. The molecule has 0 spiro atoms. The van der Waals surface area contributed by atoms with Gasteiger partial charge >= 0.3 is 5.97 Å². The lowest BCUT2D eigenvalue weighted by molar-refractivity contribution is 0.0683. The molecule has 1 aliphatic heterocycles. The molecule has 1 atom stereocenters. The van der Waals surface area contributed by atoms with Crippen LogP contribution in [0.2, 0.25) is 0 Å². The maximum absolute atomic E-state index is 10.8. The average Bonchev–Trinajstić information content (AvgIpc) is 2.46. The van der Waals surface area contributed by atoms with Crippen molar-refractivity contribution < 1.29 is 9.90 Å². The molecule has 0 radical (unpaired) electrons. The van der Waals surface area contributed by atoms with E-state index in [0.29, 0.717) is 11.6 Å². The molecule has 1 aromatic rings. The molecule has 4 nitrogen and oxygen atoms in total. The van der Waals surface area contributed by atoms with Gasteiger partial charge < -0.3 is 9.67 Å². The number of fused-ring (bicyclic) bond motifs is 1. The molecular weight excluding hydrogens is 168 g/mol. The van der Waals surface area contributed by atoms with Crippen LogP contribution in [-0.4, -0.2) is 20.6 Å². The van der Waals surface area contributed by atoms with E-state index in [0.717, 1.165) is 25.2 Å². The predicted octanol–water partition coefficient (Wildman–Crippen LogP) is 1.16. The number of aromatic nitrogens is 2. The molecule has 0 saturated carbocycles. The van der Waals surface area contributed by atoms with Crippen LogP contribution in [0.4, 0.5) is 0 Å². The Kier molecular flexibility index (Phi) is 1.83. The van der Waals surface area contributed by atoms with Crippen LogP contribution in [0.1, 0.15) is 29.7 Å². The van der Waals surface area contributed by atoms with Gasteiger partial charge in [0.2, 0.25) is 0 Å². The summed E-state index contributed by atoms with van der Waals surface area (Å²) in [6.07, 6.45) is 3.40. The molecule has 70 valence electrons. The summed E-state index contributed by atoms with van der Waals surface area (Å²) in [7, 11) is 0. The zero-order valence-electron chi connectivity index (χ0n) is 7.53. The van der Waals surface area contributed by atoms with Gasteiger partial charge in [-0.05, 0) is 12.3 Å². The second kappa shape index (κ2) is 2.87. The Morgan fingerprint density at radius 2 is 2.54 bits per heavy atom. The van der Waals surface area contributed by atoms with Crippen LogP contribution < -0.4 is 0 Å². The van der Waals surface area contributed by atoms with Crippen molar-refractivity contribution >= 4 is 5.97 Å². The summed E-state index contributed by atoms with van der Waals surface area (Å²) in [5.74, 6) is 0.654. The summed E-state index contributed by atoms with van der Waals surface area (Å²) >= 11 is 0. The molecule has 4 heteroatoms. The Morgan fingerprint density at radius 3 is 3.23 bits per heavy atom. The minimum absolute atomic E-state index is 0.321. The van der Waals surface area contributed by atoms with E-state index < -0.39 is 5.97 Å². The van der Waals surface area contributed by atoms with Crippen LogP contribution in [0.5, 0.6) is 0 Å². The first-order chi connectivity index (χ1) is 6.18. The maximum Gasteiger partial charge on any atom is 0.354 e. The third kappa shape index (κ3) is 1.32. The molecule has 0 aromatic carbocycles. The first-order valence-electron chi connectivity index (χ1n) is 4.46. The number of carboxylic acids is 1. The lowest BCUT2D eigenvalue weighted by atomic mass is 10.0. The van der Waals surface area contributed by atoms with Crippen LogP contribution in [0.25, 0.3) is 0 Å². The molecule has 1 aliphatic rings. The van der Waals surface area contributed by atoms with E-state index in [4.69, 9.17) is 5.11 Å². The molecular formula is C9H12N2O2. The second-order valence-corrected chi connectivity index (χ2v) is 3.61. The third-order valence-corrected chi connectivity index (χ3v) is 2.53. The molecule has 1 N–H and O–H groups in total. The van der Waals surface area contributed by atoms with E-state index in [2.05, 4.69) is 11.9 Å². The number of imidazole rings is 1. The van der Waals surface area contributed by atoms with Crippen molar-refractivity contribution in [2.24, 2.45) is 5.92 Å². The lowest BCUT2D eigenvalue weighted by Crippen LogP contribution is -2.20. The molecule has 2 heterocycles. The van der Waals surface area contributed by atoms with Gasteiger partial charge in [-0.1, -0.05) is 6.92 Å². The molecule has 2 rings (SSSR count). The van der Waals surface area contributed by atoms with E-state index in [1.165, 1.54) is 6.20 Å². The Bertz CT molecular complexity index is 343. The van der Waals surface area contributed by atoms with Crippen molar-refractivity contribution in [1.29, 1.82) is 0 Å². The highest BCUT2D eigenvalue weighted by molar-refractivity contribution is 5.85. The summed E-state index contributed by atoms with van der Waals surface area (Å²) < 4.78 is 1.81. The molecule has 0 saturated heterocycles. The van der Waals surface area contributed by atoms with E-state index in [1.54, 1.807) is 0 Å². The summed E-state index contributed by atoms with van der Waals surface area (Å²) in [4.78, 5) is 14.9. The fourth-order valence-electron chi connectivity index (χ4n) is 1.76. The van der Waals surface area contributed by atoms with E-state index >= 15 is 0 Å². The average molecular weight is 180 g/mol. The quantitative estimate of drug-likeness (QED) is 0.705. The smallest absolute Gasteiger partial charge is 0.354 e. The normalized spacial score (nSPS) is 21.2. The van der Waals surface area contributed by atoms with Gasteiger partial charge in [0.25, 0.3) is 0 Å². The molecule has 0 aliphatic carbocycles. The van der Waals surface area contributed by atoms with Gasteiger partial charge in [-0.2, -0.15) is 0 Å². The van der Waals surface area contributed by atoms with Crippen molar-refractivity contribution in [3.05, 3.63) is 17.7 Å². The SMILES string of the molecule is CC1CCn2c(C(=O)O)cnc2C1. The van der Waals surface area contributed by atoms with Crippen LogP contribution >= 0.6 is 0 Å². The molecule has 13 heavy (non-hydrogen) atoms. The maximum atomic E-state index is 10.8. The molecule has 1 aromatic heterocycles. The number of rotatable bonds is 1. The second-order valence-electron chi connectivity index (χ2n) is 3.61. The fraction of sp³-hybridized carbons (Fsp3) is 0.556. The Balaban J connectivity index is 2.39. The monoisotopic (exact) mass is 180 g/mol. The fourth-order valence-corrected chi connectivity index (χ4v) is 1.76. The van der Waals surface area contributed by atoms with Gasteiger partial charge in [-0.3, -0.25) is 0 Å². The highest BCUT2D eigenvalue weighted by Gasteiger charge is 2.21. The first-order valence-corrected chi connectivity index (χ1v) is 4.46. The van der Waals surface area contributed by atoms with Crippen molar-refractivity contribution in [3.8, 4) is 0 Å². The summed E-state index contributed by atoms with van der Waals surface area (Å²) in [6, 6.07) is 0. The van der Waals surface area contributed by atoms with Gasteiger partial charge in [-0.25, -0.2) is 9.78 Å². The third-order valence-electron chi connectivity index (χ3n) is 2.53. The van der Waals surface area contributed by atoms with Crippen molar-refractivity contribution in [2.45, 2.75) is 26.3 Å². The summed E-state index contributed by atoms with van der Waals surface area (Å²) in [5.41, 5.74) is 0.321. The van der Waals surface area contributed by atoms with Crippen molar-refractivity contribution in [2.75, 3.05) is 0 Å². The number of carboxylic acid groups (broad SMARTS) is 1. The van der Waals surface area contributed by atoms with Crippen LogP contribution in [-0.2, 0) is 13.0 Å². The number of aromatic carboxylic acids is 1. The summed E-state index contributed by atoms with van der Waals surface area (Å²) in [5, 5.41) is 8.83. The standard InChI is InChI=1S/C9H12N2O2/c1-6-2-3-11-7(9(12)13)5-10-8(11)4-6/h5-6H,2-4H2,1H3,(H,12,13). The number of hydrogen-bond donors (Lipinski definition) is 1. The Morgan fingerprint density at radius 1 is 1.77 bits per heavy atom. The predicted molar refractivity (Wildman–Crippen MR) is 46.7 cm³/mol. The Labute approximate surface area is 76.2 Å². The van der Waals surface area contributed by atoms with E-state index in [-0.39, 0.29) is 0 Å². The van der Waals surface area contributed by atoms with Gasteiger partial charge in [0.05, 0.1) is 6.20 Å². The number of carbonyl (C=O) groups is 1. The number of hydrogen-bond acceptors (Lipinski definition) is 2. The lowest BCUT2D eigenvalue weighted by Gasteiger charge is -2.20.